The molecule has 1 amide bonds. The van der Waals surface area contributed by atoms with Gasteiger partial charge >= 0.3 is 0 Å². The van der Waals surface area contributed by atoms with Crippen molar-refractivity contribution in [3.8, 4) is 0 Å². The van der Waals surface area contributed by atoms with Crippen LogP contribution in [0.2, 0.25) is 0 Å². The van der Waals surface area contributed by atoms with Gasteiger partial charge in [0, 0.05) is 10.5 Å². The monoisotopic (exact) mass is 180 g/mol. The van der Waals surface area contributed by atoms with Crippen LogP contribution in [-0.4, -0.2) is 5.91 Å². The Kier molecular flexibility index (Phi) is 2.47. The first-order valence-electron chi connectivity index (χ1n) is 3.29. The second-order valence-electron chi connectivity index (χ2n) is 2.22. The van der Waals surface area contributed by atoms with Gasteiger partial charge in [0.2, 0.25) is 5.91 Å². The number of benzene rings is 1. The lowest BCUT2D eigenvalue weighted by atomic mass is 10.2. The van der Waals surface area contributed by atoms with Crippen molar-refractivity contribution in [3.63, 3.8) is 0 Å². The van der Waals surface area contributed by atoms with E-state index in [0.717, 1.165) is 6.07 Å². The van der Waals surface area contributed by atoms with Gasteiger partial charge in [-0.3, -0.25) is 4.79 Å². The summed E-state index contributed by atoms with van der Waals surface area (Å²) in [4.78, 5) is 13.0. The van der Waals surface area contributed by atoms with Crippen molar-refractivity contribution in [2.75, 3.05) is 0 Å². The molecule has 0 aliphatic heterocycles. The Morgan fingerprint density at radius 3 is 2.77 bits per heavy atom. The third-order valence-corrected chi connectivity index (χ3v) is 1.38. The van der Waals surface area contributed by atoms with Crippen LogP contribution in [0.25, 0.3) is 10.4 Å². The van der Waals surface area contributed by atoms with Gasteiger partial charge in [-0.25, -0.2) is 4.39 Å². The van der Waals surface area contributed by atoms with Crippen LogP contribution in [-0.2, 0) is 0 Å². The Labute approximate surface area is 72.6 Å². The van der Waals surface area contributed by atoms with Gasteiger partial charge in [0.15, 0.2) is 0 Å². The molecule has 1 aromatic rings. The van der Waals surface area contributed by atoms with Crippen LogP contribution in [0.1, 0.15) is 10.4 Å². The highest BCUT2D eigenvalue weighted by molar-refractivity contribution is 5.93. The zero-order valence-corrected chi connectivity index (χ0v) is 6.44. The van der Waals surface area contributed by atoms with E-state index < -0.39 is 11.7 Å². The molecule has 0 heterocycles. The summed E-state index contributed by atoms with van der Waals surface area (Å²) < 4.78 is 12.9. The van der Waals surface area contributed by atoms with E-state index in [0.29, 0.717) is 0 Å². The number of nitrogens with zero attached hydrogens (tertiary/aromatic N) is 3. The molecule has 0 aliphatic carbocycles. The summed E-state index contributed by atoms with van der Waals surface area (Å²) in [5.41, 5.74) is 12.8. The molecular weight excluding hydrogens is 175 g/mol. The number of primary amides is 1. The molecule has 66 valence electrons. The average molecular weight is 180 g/mol. The van der Waals surface area contributed by atoms with E-state index in [4.69, 9.17) is 11.3 Å². The smallest absolute Gasteiger partial charge is 0.248 e. The van der Waals surface area contributed by atoms with E-state index in [9.17, 15) is 9.18 Å². The minimum absolute atomic E-state index is 0.0365. The van der Waals surface area contributed by atoms with Gasteiger partial charge in [0.1, 0.15) is 5.82 Å². The third-order valence-electron chi connectivity index (χ3n) is 1.38. The molecule has 1 rings (SSSR count). The summed E-state index contributed by atoms with van der Waals surface area (Å²) in [6.07, 6.45) is 0. The molecule has 0 fully saturated rings. The SMILES string of the molecule is [N-]=[N+]=Nc1ccc(C(N)=O)cc1F. The van der Waals surface area contributed by atoms with Gasteiger partial charge in [0.05, 0.1) is 5.69 Å². The van der Waals surface area contributed by atoms with E-state index in [1.807, 2.05) is 0 Å². The zero-order chi connectivity index (χ0) is 9.84. The summed E-state index contributed by atoms with van der Waals surface area (Å²) in [6, 6.07) is 3.40. The first-order chi connectivity index (χ1) is 6.15. The Balaban J connectivity index is 3.19. The number of carbonyl (C=O) groups is 1. The van der Waals surface area contributed by atoms with Crippen LogP contribution in [0.3, 0.4) is 0 Å². The maximum absolute atomic E-state index is 12.9. The second kappa shape index (κ2) is 3.55. The Hall–Kier alpha value is -2.07. The molecule has 0 aromatic heterocycles. The predicted octanol–water partition coefficient (Wildman–Crippen LogP) is 1.87. The van der Waals surface area contributed by atoms with Crippen LogP contribution in [0.15, 0.2) is 23.3 Å². The number of hydrogen-bond acceptors (Lipinski definition) is 2. The summed E-state index contributed by atoms with van der Waals surface area (Å²) in [7, 11) is 0. The first kappa shape index (κ1) is 9.02. The summed E-state index contributed by atoms with van der Waals surface area (Å²) in [6.45, 7) is 0. The van der Waals surface area contributed by atoms with Gasteiger partial charge in [-0.15, -0.1) is 0 Å². The molecule has 0 atom stereocenters. The lowest BCUT2D eigenvalue weighted by Gasteiger charge is -1.97. The lowest BCUT2D eigenvalue weighted by Crippen LogP contribution is -2.10. The van der Waals surface area contributed by atoms with Gasteiger partial charge < -0.3 is 5.73 Å². The molecule has 6 heteroatoms. The maximum atomic E-state index is 12.9. The van der Waals surface area contributed by atoms with E-state index in [-0.39, 0.29) is 11.3 Å². The average Bonchev–Trinajstić information content (AvgIpc) is 2.08. The molecule has 0 aliphatic rings. The number of azide groups is 1. The minimum atomic E-state index is -0.769. The molecule has 5 nitrogen and oxygen atoms in total. The van der Waals surface area contributed by atoms with Crippen LogP contribution in [0, 0.1) is 5.82 Å². The fourth-order valence-corrected chi connectivity index (χ4v) is 0.789. The molecule has 1 aromatic carbocycles. The maximum Gasteiger partial charge on any atom is 0.248 e. The van der Waals surface area contributed by atoms with E-state index in [1.54, 1.807) is 0 Å². The Morgan fingerprint density at radius 2 is 2.31 bits per heavy atom. The number of carbonyl (C=O) groups excluding carboxylic acids is 1. The van der Waals surface area contributed by atoms with Crippen molar-refractivity contribution in [1.82, 2.24) is 0 Å². The quantitative estimate of drug-likeness (QED) is 0.420. The molecule has 0 unspecified atom stereocenters. The van der Waals surface area contributed by atoms with Gasteiger partial charge in [-0.05, 0) is 23.7 Å². The Morgan fingerprint density at radius 1 is 1.62 bits per heavy atom. The van der Waals surface area contributed by atoms with Crippen LogP contribution in [0.4, 0.5) is 10.1 Å². The number of amides is 1. The topological polar surface area (TPSA) is 91.8 Å². The second-order valence-corrected chi connectivity index (χ2v) is 2.22. The van der Waals surface area contributed by atoms with Crippen LogP contribution < -0.4 is 5.73 Å². The largest absolute Gasteiger partial charge is 0.366 e. The van der Waals surface area contributed by atoms with Crippen molar-refractivity contribution in [2.45, 2.75) is 0 Å². The molecular formula is C7H5FN4O. The van der Waals surface area contributed by atoms with Crippen molar-refractivity contribution in [2.24, 2.45) is 10.8 Å². The summed E-state index contributed by atoms with van der Waals surface area (Å²) in [5.74, 6) is -1.50. The van der Waals surface area contributed by atoms with E-state index in [1.165, 1.54) is 12.1 Å². The molecule has 0 bridgehead atoms. The number of halogens is 1. The highest BCUT2D eigenvalue weighted by atomic mass is 19.1. The van der Waals surface area contributed by atoms with Crippen molar-refractivity contribution in [3.05, 3.63) is 40.0 Å². The fourth-order valence-electron chi connectivity index (χ4n) is 0.789. The summed E-state index contributed by atoms with van der Waals surface area (Å²) >= 11 is 0. The Bertz CT molecular complexity index is 397. The molecule has 2 N–H and O–H groups in total. The first-order valence-corrected chi connectivity index (χ1v) is 3.29. The molecule has 13 heavy (non-hydrogen) atoms. The lowest BCUT2D eigenvalue weighted by molar-refractivity contribution is 0.1000. The molecule has 0 spiro atoms. The molecule has 0 saturated heterocycles. The zero-order valence-electron chi connectivity index (χ0n) is 6.44. The van der Waals surface area contributed by atoms with E-state index >= 15 is 0 Å². The normalized spacial score (nSPS) is 9.00. The van der Waals surface area contributed by atoms with Crippen molar-refractivity contribution < 1.29 is 9.18 Å². The van der Waals surface area contributed by atoms with Gasteiger partial charge in [0.25, 0.3) is 0 Å². The van der Waals surface area contributed by atoms with Gasteiger partial charge in [-0.2, -0.15) is 0 Å². The molecule has 0 radical (unpaired) electrons. The van der Waals surface area contributed by atoms with Crippen LogP contribution in [0.5, 0.6) is 0 Å². The highest BCUT2D eigenvalue weighted by Crippen LogP contribution is 2.18. The summed E-state index contributed by atoms with van der Waals surface area (Å²) in [5, 5.41) is 3.06. The third kappa shape index (κ3) is 1.94. The number of rotatable bonds is 2. The van der Waals surface area contributed by atoms with Crippen LogP contribution >= 0.6 is 0 Å². The van der Waals surface area contributed by atoms with Crippen molar-refractivity contribution in [1.29, 1.82) is 0 Å². The van der Waals surface area contributed by atoms with E-state index in [2.05, 4.69) is 10.0 Å². The van der Waals surface area contributed by atoms with Gasteiger partial charge in [-0.1, -0.05) is 5.11 Å². The number of nitrogens with two attached hydrogens (primary N) is 1. The predicted molar refractivity (Wildman–Crippen MR) is 43.7 cm³/mol. The fraction of sp³-hybridized carbons (Fsp3) is 0. The standard InChI is InChI=1S/C7H5FN4O/c8-5-3-4(7(9)13)1-2-6(5)11-12-10/h1-3H,(H2,9,13). The molecule has 0 saturated carbocycles. The number of hydrogen-bond donors (Lipinski definition) is 1. The minimum Gasteiger partial charge on any atom is -0.366 e. The van der Waals surface area contributed by atoms with Crippen molar-refractivity contribution >= 4 is 11.6 Å². The highest BCUT2D eigenvalue weighted by Gasteiger charge is 2.04.